The fourth-order valence-electron chi connectivity index (χ4n) is 4.02. The Morgan fingerprint density at radius 1 is 1.22 bits per heavy atom. The molecule has 0 radical (unpaired) electrons. The molecule has 5 rings (SSSR count). The molecule has 2 aliphatic heterocycles. The number of rotatable bonds is 4. The molecule has 1 aromatic carbocycles. The molecule has 0 bridgehead atoms. The molecule has 0 spiro atoms. The van der Waals surface area contributed by atoms with E-state index in [2.05, 4.69) is 25.7 Å². The van der Waals surface area contributed by atoms with Crippen LogP contribution in [-0.2, 0) is 6.54 Å². The summed E-state index contributed by atoms with van der Waals surface area (Å²) < 4.78 is 29.4. The largest absolute Gasteiger partial charge is 0.365 e. The Balaban J connectivity index is 1.43. The van der Waals surface area contributed by atoms with Crippen LogP contribution >= 0.6 is 11.6 Å². The second kappa shape index (κ2) is 8.44. The number of aromatic nitrogens is 4. The smallest absolute Gasteiger partial charge is 0.298 e. The van der Waals surface area contributed by atoms with Crippen molar-refractivity contribution in [2.75, 3.05) is 36.4 Å². The number of carbonyl (C=O) groups is 1. The first-order chi connectivity index (χ1) is 15.5. The lowest BCUT2D eigenvalue weighted by Gasteiger charge is -2.30. The third-order valence-electron chi connectivity index (χ3n) is 5.78. The summed E-state index contributed by atoms with van der Waals surface area (Å²) in [4.78, 5) is 23.5. The van der Waals surface area contributed by atoms with E-state index in [-0.39, 0.29) is 22.8 Å². The van der Waals surface area contributed by atoms with Crippen LogP contribution in [0.2, 0.25) is 5.02 Å². The summed E-state index contributed by atoms with van der Waals surface area (Å²) in [6.07, 6.45) is 5.80. The Labute approximate surface area is 187 Å². The van der Waals surface area contributed by atoms with Gasteiger partial charge in [0.2, 0.25) is 0 Å². The maximum atomic E-state index is 14.3. The second-order valence-electron chi connectivity index (χ2n) is 7.81. The van der Waals surface area contributed by atoms with Gasteiger partial charge in [0, 0.05) is 43.9 Å². The molecule has 1 fully saturated rings. The van der Waals surface area contributed by atoms with E-state index in [0.29, 0.717) is 30.6 Å². The van der Waals surface area contributed by atoms with Crippen LogP contribution in [0.4, 0.5) is 20.4 Å². The molecular formula is C21H20ClF2N7O. The average molecular weight is 460 g/mol. The zero-order chi connectivity index (χ0) is 22.2. The van der Waals surface area contributed by atoms with E-state index in [4.69, 9.17) is 11.6 Å². The molecule has 4 heterocycles. The quantitative estimate of drug-likeness (QED) is 0.580. The molecule has 0 aliphatic carbocycles. The third kappa shape index (κ3) is 3.80. The molecule has 32 heavy (non-hydrogen) atoms. The minimum atomic E-state index is -0.694. The normalized spacial score (nSPS) is 17.8. The van der Waals surface area contributed by atoms with Gasteiger partial charge in [-0.3, -0.25) is 4.79 Å². The molecule has 1 atom stereocenters. The Bertz CT molecular complexity index is 1180. The minimum Gasteiger partial charge on any atom is -0.365 e. The zero-order valence-electron chi connectivity index (χ0n) is 17.0. The Morgan fingerprint density at radius 3 is 2.88 bits per heavy atom. The number of carbonyl (C=O) groups excluding carboxylic acids is 1. The molecule has 8 nitrogen and oxygen atoms in total. The van der Waals surface area contributed by atoms with E-state index < -0.39 is 17.5 Å². The minimum absolute atomic E-state index is 0.00989. The van der Waals surface area contributed by atoms with Crippen molar-refractivity contribution in [1.29, 1.82) is 0 Å². The van der Waals surface area contributed by atoms with Gasteiger partial charge in [0.15, 0.2) is 17.3 Å². The van der Waals surface area contributed by atoms with E-state index >= 15 is 0 Å². The highest BCUT2D eigenvalue weighted by Crippen LogP contribution is 2.30. The van der Waals surface area contributed by atoms with Crippen LogP contribution in [0.15, 0.2) is 30.7 Å². The molecule has 1 unspecified atom stereocenters. The van der Waals surface area contributed by atoms with Crippen LogP contribution in [0.25, 0.3) is 0 Å². The van der Waals surface area contributed by atoms with E-state index in [9.17, 15) is 13.6 Å². The Hall–Kier alpha value is -3.11. The van der Waals surface area contributed by atoms with Gasteiger partial charge >= 0.3 is 0 Å². The molecule has 2 aromatic heterocycles. The first-order valence-electron chi connectivity index (χ1n) is 10.3. The zero-order valence-corrected chi connectivity index (χ0v) is 17.7. The second-order valence-corrected chi connectivity index (χ2v) is 8.19. The summed E-state index contributed by atoms with van der Waals surface area (Å²) in [6.45, 7) is 2.77. The summed E-state index contributed by atoms with van der Waals surface area (Å²) in [7, 11) is 0. The molecule has 1 saturated heterocycles. The number of fused-ring (bicyclic) bond motifs is 1. The van der Waals surface area contributed by atoms with Gasteiger partial charge in [0.05, 0.1) is 17.4 Å². The lowest BCUT2D eigenvalue weighted by molar-refractivity contribution is 0.0939. The number of hydrogen-bond acceptors (Lipinski definition) is 7. The lowest BCUT2D eigenvalue weighted by atomic mass is 10.0. The number of halogens is 3. The maximum Gasteiger partial charge on any atom is 0.298 e. The number of benzene rings is 1. The topological polar surface area (TPSA) is 88.0 Å². The molecule has 11 heteroatoms. The van der Waals surface area contributed by atoms with E-state index in [1.165, 1.54) is 10.9 Å². The Kier molecular flexibility index (Phi) is 5.48. The summed E-state index contributed by atoms with van der Waals surface area (Å²) >= 11 is 6.00. The highest BCUT2D eigenvalue weighted by atomic mass is 35.5. The molecular weight excluding hydrogens is 440 g/mol. The van der Waals surface area contributed by atoms with Crippen LogP contribution in [0.3, 0.4) is 0 Å². The number of nitrogens with one attached hydrogen (secondary N) is 2. The van der Waals surface area contributed by atoms with Gasteiger partial charge in [-0.05, 0) is 30.7 Å². The first-order valence-corrected chi connectivity index (χ1v) is 10.7. The molecule has 2 N–H and O–H groups in total. The summed E-state index contributed by atoms with van der Waals surface area (Å²) in [5.41, 5.74) is 1.12. The van der Waals surface area contributed by atoms with Crippen LogP contribution in [0.1, 0.15) is 34.0 Å². The molecule has 0 saturated carbocycles. The number of hydrogen-bond donors (Lipinski definition) is 2. The first kappa shape index (κ1) is 20.8. The molecule has 166 valence electrons. The fraction of sp³-hybridized carbons (Fsp3) is 0.333. The van der Waals surface area contributed by atoms with Gasteiger partial charge in [-0.1, -0.05) is 11.6 Å². The van der Waals surface area contributed by atoms with Crippen molar-refractivity contribution in [1.82, 2.24) is 25.1 Å². The molecule has 0 amide bonds. The molecule has 2 aliphatic rings. The summed E-state index contributed by atoms with van der Waals surface area (Å²) in [6, 6.07) is 2.03. The Morgan fingerprint density at radius 2 is 2.06 bits per heavy atom. The molecule has 3 aromatic rings. The number of anilines is 2. The van der Waals surface area contributed by atoms with Crippen molar-refractivity contribution < 1.29 is 13.6 Å². The fourth-order valence-corrected chi connectivity index (χ4v) is 4.23. The predicted octanol–water partition coefficient (Wildman–Crippen LogP) is 2.80. The summed E-state index contributed by atoms with van der Waals surface area (Å²) in [5.74, 6) is -0.564. The van der Waals surface area contributed by atoms with Crippen LogP contribution in [0, 0.1) is 11.6 Å². The lowest BCUT2D eigenvalue weighted by Crippen LogP contribution is -2.35. The predicted molar refractivity (Wildman–Crippen MR) is 115 cm³/mol. The van der Waals surface area contributed by atoms with Gasteiger partial charge < -0.3 is 15.5 Å². The SMILES string of the molecule is O=C(c1cnc2c(n1)N(Cc1c(F)ccc(F)c1Cl)CCN2)n1cc(C2CCNC2)cn1. The van der Waals surface area contributed by atoms with Crippen molar-refractivity contribution in [3.8, 4) is 0 Å². The summed E-state index contributed by atoms with van der Waals surface area (Å²) in [5, 5.41) is 10.3. The van der Waals surface area contributed by atoms with Gasteiger partial charge in [-0.15, -0.1) is 0 Å². The van der Waals surface area contributed by atoms with Crippen molar-refractivity contribution in [2.45, 2.75) is 18.9 Å². The third-order valence-corrected chi connectivity index (χ3v) is 6.19. The van der Waals surface area contributed by atoms with Gasteiger partial charge in [-0.2, -0.15) is 5.10 Å². The van der Waals surface area contributed by atoms with Crippen molar-refractivity contribution in [3.05, 3.63) is 64.2 Å². The van der Waals surface area contributed by atoms with Gasteiger partial charge in [-0.25, -0.2) is 23.4 Å². The van der Waals surface area contributed by atoms with E-state index in [1.807, 2.05) is 0 Å². The van der Waals surface area contributed by atoms with Crippen LogP contribution in [-0.4, -0.2) is 51.8 Å². The monoisotopic (exact) mass is 459 g/mol. The maximum absolute atomic E-state index is 14.3. The van der Waals surface area contributed by atoms with Crippen molar-refractivity contribution in [2.24, 2.45) is 0 Å². The van der Waals surface area contributed by atoms with Crippen molar-refractivity contribution >= 4 is 29.1 Å². The van der Waals surface area contributed by atoms with E-state index in [1.54, 1.807) is 17.3 Å². The van der Waals surface area contributed by atoms with Gasteiger partial charge in [0.1, 0.15) is 11.6 Å². The van der Waals surface area contributed by atoms with Crippen LogP contribution in [0.5, 0.6) is 0 Å². The number of nitrogens with zero attached hydrogens (tertiary/aromatic N) is 5. The average Bonchev–Trinajstić information content (AvgIpc) is 3.51. The highest BCUT2D eigenvalue weighted by molar-refractivity contribution is 6.31. The van der Waals surface area contributed by atoms with Crippen LogP contribution < -0.4 is 15.5 Å². The van der Waals surface area contributed by atoms with Crippen molar-refractivity contribution in [3.63, 3.8) is 0 Å². The van der Waals surface area contributed by atoms with Gasteiger partial charge in [0.25, 0.3) is 5.91 Å². The van der Waals surface area contributed by atoms with E-state index in [0.717, 1.165) is 37.2 Å². The standard InChI is InChI=1S/C21H20ClF2N7O/c22-18-14(15(23)1-2-16(18)24)11-30-6-5-26-19-20(30)29-17(9-27-19)21(32)31-10-13(8-28-31)12-3-4-25-7-12/h1-2,8-10,12,25H,3-7,11H2,(H,26,27). The highest BCUT2D eigenvalue weighted by Gasteiger charge is 2.26.